The number of carbonyl (C=O) groups excluding carboxylic acids is 7. The number of anilines is 1. The van der Waals surface area contributed by atoms with E-state index in [-0.39, 0.29) is 90.8 Å². The zero-order valence-electron chi connectivity index (χ0n) is 46.4. The fourth-order valence-corrected chi connectivity index (χ4v) is 10.3. The van der Waals surface area contributed by atoms with Gasteiger partial charge in [-0.1, -0.05) is 58.9 Å². The van der Waals surface area contributed by atoms with Crippen molar-refractivity contribution in [1.29, 1.82) is 0 Å². The van der Waals surface area contributed by atoms with Crippen LogP contribution >= 0.6 is 0 Å². The van der Waals surface area contributed by atoms with Gasteiger partial charge in [0.2, 0.25) is 29.5 Å². The summed E-state index contributed by atoms with van der Waals surface area (Å²) < 4.78 is 29.3. The Bertz CT molecular complexity index is 2870. The lowest BCUT2D eigenvalue weighted by atomic mass is 9.82. The molecule has 20 heteroatoms. The number of benzene rings is 3. The lowest BCUT2D eigenvalue weighted by Gasteiger charge is -2.56. The maximum atomic E-state index is 14.0. The van der Waals surface area contributed by atoms with E-state index in [4.69, 9.17) is 28.7 Å². The van der Waals surface area contributed by atoms with E-state index in [1.54, 1.807) is 76.3 Å². The minimum atomic E-state index is -1.02. The van der Waals surface area contributed by atoms with Crippen LogP contribution in [0.4, 0.5) is 11.4 Å². The first kappa shape index (κ1) is 58.5. The van der Waals surface area contributed by atoms with E-state index in [2.05, 4.69) is 34.4 Å². The molecule has 7 amide bonds. The van der Waals surface area contributed by atoms with Crippen LogP contribution in [0.25, 0.3) is 5.57 Å². The molecule has 4 aliphatic heterocycles. The van der Waals surface area contributed by atoms with E-state index in [0.717, 1.165) is 16.9 Å². The second kappa shape index (κ2) is 26.5. The van der Waals surface area contributed by atoms with Crippen LogP contribution in [0.5, 0.6) is 28.7 Å². The van der Waals surface area contributed by atoms with Crippen LogP contribution in [0.1, 0.15) is 112 Å². The number of hydrogen-bond acceptors (Lipinski definition) is 14. The zero-order chi connectivity index (χ0) is 57.1. The Morgan fingerprint density at radius 3 is 2.14 bits per heavy atom. The highest BCUT2D eigenvalue weighted by Gasteiger charge is 2.48. The van der Waals surface area contributed by atoms with Crippen LogP contribution in [-0.2, 0) is 24.0 Å². The predicted molar refractivity (Wildman–Crippen MR) is 298 cm³/mol. The number of nitrogens with zero attached hydrogens (tertiary/aromatic N) is 4. The number of imide groups is 1. The van der Waals surface area contributed by atoms with Crippen molar-refractivity contribution in [2.45, 2.75) is 116 Å². The number of hydrogen-bond donors (Lipinski definition) is 4. The van der Waals surface area contributed by atoms with Gasteiger partial charge in [-0.2, -0.15) is 0 Å². The minimum absolute atomic E-state index is 0.144. The molecular formula is C59H74N8O12. The SMILES string of the molecule is C=CC[C@H]1[C@H](C)C(NC(=O)[C@H](C)NC(=O)[C@@H](NC(=O)CCCCCN2C(=O)CC(C)C2=O)C(C)C)N1c1cc(OCCCOc2cc3c(cc2OC)C(=O)N2C=C(c4ccc(OC)cc4)CC2C=N3)c(OC)cc1C(=O)NC=C. The number of fused-ring (bicyclic) bond motifs is 2. The largest absolute Gasteiger partial charge is 0.497 e. The lowest BCUT2D eigenvalue weighted by Crippen LogP contribution is -2.71. The molecule has 7 rings (SSSR count). The van der Waals surface area contributed by atoms with E-state index >= 15 is 0 Å². The fraction of sp³-hybridized carbons (Fsp3) is 0.458. The topological polar surface area (TPSA) is 236 Å². The van der Waals surface area contributed by atoms with Crippen molar-refractivity contribution in [1.82, 2.24) is 31.1 Å². The van der Waals surface area contributed by atoms with Gasteiger partial charge in [0.05, 0.1) is 63.1 Å². The third-order valence-corrected chi connectivity index (χ3v) is 14.7. The number of unbranched alkanes of at least 4 members (excludes halogenated alkanes) is 2. The molecule has 422 valence electrons. The van der Waals surface area contributed by atoms with Crippen LogP contribution in [0.2, 0.25) is 0 Å². The molecular weight excluding hydrogens is 1010 g/mol. The first-order chi connectivity index (χ1) is 37.9. The summed E-state index contributed by atoms with van der Waals surface area (Å²) in [5.41, 5.74) is 3.50. The summed E-state index contributed by atoms with van der Waals surface area (Å²) in [6, 6.07) is 11.9. The quantitative estimate of drug-likeness (QED) is 0.0348. The monoisotopic (exact) mass is 1090 g/mol. The van der Waals surface area contributed by atoms with Gasteiger partial charge in [0.25, 0.3) is 11.8 Å². The van der Waals surface area contributed by atoms with Crippen LogP contribution in [0.15, 0.2) is 85.2 Å². The molecule has 7 atom stereocenters. The average molecular weight is 1090 g/mol. The number of aliphatic imine (C=N–C) groups is 1. The third kappa shape index (κ3) is 13.4. The standard InChI is InChI=1S/C59H74N8O12/c1-11-17-45-36(6)54(64-55(70)37(7)62-57(72)53(34(3)4)63-51(68)18-14-13-15-23-65-52(69)26-35(5)58(65)73)67(45)46-31-50(48(77-10)29-43(46)56(71)60-12-2)79-25-16-24-78-49-30-44-42(28-47(49)76-9)59(74)66-33-39(27-40(66)32-61-44)38-19-21-41(75-8)22-20-38/h11-12,19-22,28-37,40,45,53-54H,1-2,13-18,23-27H2,3-10H3,(H,60,71)(H,62,72)(H,63,68)(H,64,70)/t35?,36-,37-,40?,45-,53-,54?/m0/s1. The second-order valence-corrected chi connectivity index (χ2v) is 20.5. The van der Waals surface area contributed by atoms with Crippen LogP contribution in [0.3, 0.4) is 0 Å². The van der Waals surface area contributed by atoms with Crippen molar-refractivity contribution in [3.63, 3.8) is 0 Å². The lowest BCUT2D eigenvalue weighted by molar-refractivity contribution is -0.139. The number of rotatable bonds is 27. The molecule has 20 nitrogen and oxygen atoms in total. The van der Waals surface area contributed by atoms with E-state index in [9.17, 15) is 33.6 Å². The van der Waals surface area contributed by atoms with Crippen molar-refractivity contribution in [3.05, 3.63) is 96.9 Å². The molecule has 4 heterocycles. The average Bonchev–Trinajstić information content (AvgIpc) is 4.09. The summed E-state index contributed by atoms with van der Waals surface area (Å²) in [7, 11) is 4.59. The summed E-state index contributed by atoms with van der Waals surface area (Å²) in [4.78, 5) is 102. The van der Waals surface area contributed by atoms with Gasteiger partial charge in [-0.3, -0.25) is 43.5 Å². The Kier molecular flexibility index (Phi) is 19.6. The smallest absolute Gasteiger partial charge is 0.260 e. The molecule has 2 saturated heterocycles. The first-order valence-electron chi connectivity index (χ1n) is 26.9. The van der Waals surface area contributed by atoms with E-state index in [0.29, 0.717) is 79.3 Å². The Labute approximate surface area is 461 Å². The number of ether oxygens (including phenoxy) is 5. The fourth-order valence-electron chi connectivity index (χ4n) is 10.3. The normalized spacial score (nSPS) is 20.0. The van der Waals surface area contributed by atoms with Gasteiger partial charge in [-0.25, -0.2) is 0 Å². The summed E-state index contributed by atoms with van der Waals surface area (Å²) in [6.07, 6.45) is 9.59. The highest BCUT2D eigenvalue weighted by atomic mass is 16.5. The van der Waals surface area contributed by atoms with Gasteiger partial charge in [-0.05, 0) is 73.7 Å². The molecule has 79 heavy (non-hydrogen) atoms. The van der Waals surface area contributed by atoms with Crippen molar-refractivity contribution in [3.8, 4) is 28.7 Å². The summed E-state index contributed by atoms with van der Waals surface area (Å²) in [6.45, 7) is 17.2. The number of amides is 7. The molecule has 4 N–H and O–H groups in total. The molecule has 0 bridgehead atoms. The number of nitrogens with one attached hydrogen (secondary N) is 4. The van der Waals surface area contributed by atoms with Gasteiger partial charge in [0.1, 0.15) is 24.0 Å². The van der Waals surface area contributed by atoms with Gasteiger partial charge >= 0.3 is 0 Å². The Balaban J connectivity index is 0.979. The molecule has 0 spiro atoms. The van der Waals surface area contributed by atoms with E-state index < -0.39 is 36.0 Å². The minimum Gasteiger partial charge on any atom is -0.497 e. The Morgan fingerprint density at radius 1 is 0.810 bits per heavy atom. The van der Waals surface area contributed by atoms with Gasteiger partial charge in [-0.15, -0.1) is 6.58 Å². The maximum Gasteiger partial charge on any atom is 0.260 e. The van der Waals surface area contributed by atoms with Crippen molar-refractivity contribution >= 4 is 64.5 Å². The first-order valence-corrected chi connectivity index (χ1v) is 26.9. The Morgan fingerprint density at radius 2 is 1.51 bits per heavy atom. The molecule has 0 aromatic heterocycles. The molecule has 0 radical (unpaired) electrons. The van der Waals surface area contributed by atoms with Crippen LogP contribution < -0.4 is 49.9 Å². The molecule has 3 unspecified atom stereocenters. The maximum absolute atomic E-state index is 14.0. The third-order valence-electron chi connectivity index (χ3n) is 14.7. The molecule has 0 aliphatic carbocycles. The van der Waals surface area contributed by atoms with Gasteiger partial charge in [0, 0.05) is 74.7 Å². The number of methoxy groups -OCH3 is 3. The molecule has 3 aromatic carbocycles. The summed E-state index contributed by atoms with van der Waals surface area (Å²) in [5, 5.41) is 11.3. The zero-order valence-corrected chi connectivity index (χ0v) is 46.4. The molecule has 2 fully saturated rings. The Hall–Kier alpha value is -8.16. The van der Waals surface area contributed by atoms with E-state index in [1.165, 1.54) is 25.3 Å². The second-order valence-electron chi connectivity index (χ2n) is 20.5. The highest BCUT2D eigenvalue weighted by molar-refractivity contribution is 6.06. The van der Waals surface area contributed by atoms with Gasteiger partial charge in [0.15, 0.2) is 23.0 Å². The summed E-state index contributed by atoms with van der Waals surface area (Å²) >= 11 is 0. The number of likely N-dealkylation sites (tertiary alicyclic amines) is 1. The van der Waals surface area contributed by atoms with Crippen molar-refractivity contribution in [2.75, 3.05) is 46.0 Å². The van der Waals surface area contributed by atoms with Crippen molar-refractivity contribution in [2.24, 2.45) is 22.7 Å². The highest BCUT2D eigenvalue weighted by Crippen LogP contribution is 2.45. The van der Waals surface area contributed by atoms with Crippen LogP contribution in [0, 0.1) is 17.8 Å². The van der Waals surface area contributed by atoms with Gasteiger partial charge < -0.3 is 54.8 Å². The van der Waals surface area contributed by atoms with Crippen molar-refractivity contribution < 1.29 is 57.2 Å². The van der Waals surface area contributed by atoms with E-state index in [1.807, 2.05) is 42.3 Å². The number of carbonyl (C=O) groups is 7. The predicted octanol–water partition coefficient (Wildman–Crippen LogP) is 6.85. The summed E-state index contributed by atoms with van der Waals surface area (Å²) in [5.74, 6) is -1.02. The molecule has 0 saturated carbocycles. The van der Waals surface area contributed by atoms with Crippen LogP contribution in [-0.4, -0.2) is 129 Å². The molecule has 4 aliphatic rings. The molecule has 3 aromatic rings.